The Labute approximate surface area is 96.3 Å². The van der Waals surface area contributed by atoms with Crippen LogP contribution in [0.3, 0.4) is 0 Å². The van der Waals surface area contributed by atoms with Crippen molar-refractivity contribution in [3.63, 3.8) is 0 Å². The van der Waals surface area contributed by atoms with E-state index in [4.69, 9.17) is 4.74 Å². The first-order valence-electron chi connectivity index (χ1n) is 5.51. The number of hydrogen-bond donors (Lipinski definition) is 1. The molecular formula is C11H21NO2S. The summed E-state index contributed by atoms with van der Waals surface area (Å²) >= 11 is 1.97. The van der Waals surface area contributed by atoms with E-state index in [1.54, 1.807) is 21.0 Å². The highest BCUT2D eigenvalue weighted by atomic mass is 32.2. The molecule has 0 aliphatic carbocycles. The van der Waals surface area contributed by atoms with E-state index in [0.29, 0.717) is 5.25 Å². The molecule has 0 aromatic rings. The van der Waals surface area contributed by atoms with Crippen LogP contribution in [0, 0.1) is 0 Å². The lowest BCUT2D eigenvalue weighted by Gasteiger charge is -2.25. The number of hydrogen-bond acceptors (Lipinski definition) is 3. The minimum absolute atomic E-state index is 0.0174. The summed E-state index contributed by atoms with van der Waals surface area (Å²) in [5.74, 6) is 1.21. The van der Waals surface area contributed by atoms with Crippen molar-refractivity contribution in [2.24, 2.45) is 0 Å². The van der Waals surface area contributed by atoms with Gasteiger partial charge in [0.2, 0.25) is 0 Å². The van der Waals surface area contributed by atoms with Crippen LogP contribution in [0.25, 0.3) is 0 Å². The van der Waals surface area contributed by atoms with Crippen molar-refractivity contribution >= 4 is 17.7 Å². The molecule has 1 saturated heterocycles. The van der Waals surface area contributed by atoms with Crippen molar-refractivity contribution in [2.75, 3.05) is 19.4 Å². The Hall–Kier alpha value is -0.220. The number of methoxy groups -OCH3 is 1. The fourth-order valence-electron chi connectivity index (χ4n) is 1.48. The maximum absolute atomic E-state index is 11.7. The zero-order chi connectivity index (χ0) is 11.3. The molecule has 0 aromatic heterocycles. The molecule has 1 aliphatic heterocycles. The van der Waals surface area contributed by atoms with Crippen molar-refractivity contribution in [1.82, 2.24) is 5.32 Å². The Morgan fingerprint density at radius 3 is 2.80 bits per heavy atom. The molecule has 0 spiro atoms. The highest BCUT2D eigenvalue weighted by Gasteiger charge is 2.27. The number of thioether (sulfide) groups is 1. The van der Waals surface area contributed by atoms with Crippen LogP contribution >= 0.6 is 11.8 Å². The lowest BCUT2D eigenvalue weighted by Crippen LogP contribution is -2.45. The maximum Gasteiger partial charge on any atom is 0.251 e. The van der Waals surface area contributed by atoms with E-state index in [9.17, 15) is 4.79 Å². The highest BCUT2D eigenvalue weighted by molar-refractivity contribution is 7.99. The molecule has 1 unspecified atom stereocenters. The Balaban J connectivity index is 2.26. The predicted octanol–water partition coefficient (Wildman–Crippen LogP) is 1.81. The van der Waals surface area contributed by atoms with Crippen molar-refractivity contribution in [2.45, 2.75) is 44.0 Å². The fourth-order valence-corrected chi connectivity index (χ4v) is 2.72. The fraction of sp³-hybridized carbons (Fsp3) is 0.909. The minimum Gasteiger partial charge on any atom is -0.369 e. The van der Waals surface area contributed by atoms with Gasteiger partial charge in [0.15, 0.2) is 0 Å². The SMILES string of the molecule is COC(C)(C)C(=O)NCC1CCCCS1. The number of amides is 1. The zero-order valence-corrected chi connectivity index (χ0v) is 10.7. The van der Waals surface area contributed by atoms with E-state index in [1.807, 2.05) is 11.8 Å². The Bertz CT molecular complexity index is 213. The molecule has 4 heteroatoms. The van der Waals surface area contributed by atoms with Crippen molar-refractivity contribution in [3.05, 3.63) is 0 Å². The molecule has 1 heterocycles. The summed E-state index contributed by atoms with van der Waals surface area (Å²) in [6.45, 7) is 4.35. The third kappa shape index (κ3) is 4.03. The van der Waals surface area contributed by atoms with E-state index >= 15 is 0 Å². The smallest absolute Gasteiger partial charge is 0.251 e. The van der Waals surface area contributed by atoms with E-state index < -0.39 is 5.60 Å². The largest absolute Gasteiger partial charge is 0.369 e. The minimum atomic E-state index is -0.709. The van der Waals surface area contributed by atoms with Gasteiger partial charge in [-0.1, -0.05) is 6.42 Å². The van der Waals surface area contributed by atoms with Crippen LogP contribution < -0.4 is 5.32 Å². The standard InChI is InChI=1S/C11H21NO2S/c1-11(2,14-3)10(13)12-8-9-6-4-5-7-15-9/h9H,4-8H2,1-3H3,(H,12,13). The summed E-state index contributed by atoms with van der Waals surface area (Å²) in [5, 5.41) is 3.55. The van der Waals surface area contributed by atoms with Gasteiger partial charge in [0, 0.05) is 18.9 Å². The normalized spacial score (nSPS) is 22.5. The molecule has 0 bridgehead atoms. The van der Waals surface area contributed by atoms with Crippen LogP contribution in [-0.2, 0) is 9.53 Å². The lowest BCUT2D eigenvalue weighted by molar-refractivity contribution is -0.139. The molecule has 0 saturated carbocycles. The van der Waals surface area contributed by atoms with Gasteiger partial charge in [-0.15, -0.1) is 0 Å². The van der Waals surface area contributed by atoms with Crippen molar-refractivity contribution in [3.8, 4) is 0 Å². The quantitative estimate of drug-likeness (QED) is 0.802. The van der Waals surface area contributed by atoms with Gasteiger partial charge in [0.1, 0.15) is 5.60 Å². The number of carbonyl (C=O) groups excluding carboxylic acids is 1. The van der Waals surface area contributed by atoms with Gasteiger partial charge in [0.05, 0.1) is 0 Å². The Morgan fingerprint density at radius 1 is 1.53 bits per heavy atom. The van der Waals surface area contributed by atoms with Crippen LogP contribution in [0.15, 0.2) is 0 Å². The Kier molecular flexibility index (Phi) is 4.93. The van der Waals surface area contributed by atoms with E-state index in [0.717, 1.165) is 6.54 Å². The number of ether oxygens (including phenoxy) is 1. The van der Waals surface area contributed by atoms with E-state index in [2.05, 4.69) is 5.32 Å². The number of nitrogens with one attached hydrogen (secondary N) is 1. The van der Waals surface area contributed by atoms with Crippen LogP contribution in [0.4, 0.5) is 0 Å². The van der Waals surface area contributed by atoms with Crippen LogP contribution in [0.5, 0.6) is 0 Å². The average Bonchev–Trinajstić information content (AvgIpc) is 2.27. The molecule has 15 heavy (non-hydrogen) atoms. The van der Waals surface area contributed by atoms with Crippen LogP contribution in [-0.4, -0.2) is 36.2 Å². The first-order chi connectivity index (χ1) is 7.06. The first-order valence-corrected chi connectivity index (χ1v) is 6.56. The topological polar surface area (TPSA) is 38.3 Å². The molecule has 3 nitrogen and oxygen atoms in total. The van der Waals surface area contributed by atoms with Crippen molar-refractivity contribution in [1.29, 1.82) is 0 Å². The third-order valence-electron chi connectivity index (χ3n) is 2.82. The number of rotatable bonds is 4. The summed E-state index contributed by atoms with van der Waals surface area (Å²) in [7, 11) is 1.56. The molecule has 1 N–H and O–H groups in total. The zero-order valence-electron chi connectivity index (χ0n) is 9.84. The van der Waals surface area contributed by atoms with Gasteiger partial charge in [-0.3, -0.25) is 4.79 Å². The van der Waals surface area contributed by atoms with Crippen LogP contribution in [0.2, 0.25) is 0 Å². The summed E-state index contributed by atoms with van der Waals surface area (Å²) in [4.78, 5) is 11.7. The van der Waals surface area contributed by atoms with Gasteiger partial charge in [-0.25, -0.2) is 0 Å². The van der Waals surface area contributed by atoms with E-state index in [-0.39, 0.29) is 5.91 Å². The van der Waals surface area contributed by atoms with Crippen LogP contribution in [0.1, 0.15) is 33.1 Å². The summed E-state index contributed by atoms with van der Waals surface area (Å²) in [6.07, 6.45) is 3.83. The molecule has 0 radical (unpaired) electrons. The molecule has 1 fully saturated rings. The van der Waals surface area contributed by atoms with Gasteiger partial charge >= 0.3 is 0 Å². The van der Waals surface area contributed by atoms with Crippen molar-refractivity contribution < 1.29 is 9.53 Å². The molecule has 1 amide bonds. The predicted molar refractivity (Wildman–Crippen MR) is 64.2 cm³/mol. The maximum atomic E-state index is 11.7. The molecule has 1 aliphatic rings. The highest BCUT2D eigenvalue weighted by Crippen LogP contribution is 2.24. The summed E-state index contributed by atoms with van der Waals surface area (Å²) in [5.41, 5.74) is -0.709. The second-order valence-corrected chi connectivity index (χ2v) is 5.82. The molecular weight excluding hydrogens is 210 g/mol. The third-order valence-corrected chi connectivity index (χ3v) is 4.22. The molecule has 1 rings (SSSR count). The molecule has 1 atom stereocenters. The summed E-state index contributed by atoms with van der Waals surface area (Å²) < 4.78 is 5.12. The van der Waals surface area contributed by atoms with Gasteiger partial charge in [-0.05, 0) is 32.4 Å². The second-order valence-electron chi connectivity index (χ2n) is 4.41. The number of carbonyl (C=O) groups is 1. The monoisotopic (exact) mass is 231 g/mol. The summed E-state index contributed by atoms with van der Waals surface area (Å²) in [6, 6.07) is 0. The van der Waals surface area contributed by atoms with Gasteiger partial charge in [0.25, 0.3) is 5.91 Å². The Morgan fingerprint density at radius 2 is 2.27 bits per heavy atom. The molecule has 0 aromatic carbocycles. The lowest BCUT2D eigenvalue weighted by atomic mass is 10.1. The first kappa shape index (κ1) is 12.8. The second kappa shape index (κ2) is 5.75. The molecule has 88 valence electrons. The van der Waals surface area contributed by atoms with Gasteiger partial charge in [-0.2, -0.15) is 11.8 Å². The van der Waals surface area contributed by atoms with E-state index in [1.165, 1.54) is 25.0 Å². The van der Waals surface area contributed by atoms with Gasteiger partial charge < -0.3 is 10.1 Å². The average molecular weight is 231 g/mol.